The molecule has 0 spiro atoms. The Morgan fingerprint density at radius 3 is 2.68 bits per heavy atom. The van der Waals surface area contributed by atoms with Crippen molar-refractivity contribution < 1.29 is 14.2 Å². The maximum absolute atomic E-state index is 5.38. The van der Waals surface area contributed by atoms with Crippen molar-refractivity contribution in [2.75, 3.05) is 45.9 Å². The number of hydrogen-bond donors (Lipinski definition) is 1. The molecular formula is C13H23N3O3. The van der Waals surface area contributed by atoms with Gasteiger partial charge in [0.15, 0.2) is 0 Å². The Morgan fingerprint density at radius 2 is 1.95 bits per heavy atom. The summed E-state index contributed by atoms with van der Waals surface area (Å²) in [7, 11) is 3.27. The molecule has 0 radical (unpaired) electrons. The molecule has 1 aromatic rings. The summed E-state index contributed by atoms with van der Waals surface area (Å²) >= 11 is 0. The quantitative estimate of drug-likeness (QED) is 0.652. The zero-order chi connectivity index (χ0) is 13.9. The second-order valence-electron chi connectivity index (χ2n) is 4.08. The predicted octanol–water partition coefficient (Wildman–Crippen LogP) is 1.65. The average Bonchev–Trinajstić information content (AvgIpc) is 2.41. The fourth-order valence-corrected chi connectivity index (χ4v) is 1.53. The Kier molecular flexibility index (Phi) is 7.84. The Bertz CT molecular complexity index is 361. The lowest BCUT2D eigenvalue weighted by Gasteiger charge is -2.08. The van der Waals surface area contributed by atoms with E-state index >= 15 is 0 Å². The molecule has 0 saturated heterocycles. The fraction of sp³-hybridized carbons (Fsp3) is 0.692. The SMILES string of the molecule is COCCOCCCCNc1cc(OC)nc(C)n1. The topological polar surface area (TPSA) is 65.5 Å². The molecule has 0 aliphatic carbocycles. The van der Waals surface area contributed by atoms with E-state index in [0.717, 1.165) is 31.8 Å². The molecular weight excluding hydrogens is 246 g/mol. The van der Waals surface area contributed by atoms with Gasteiger partial charge in [0, 0.05) is 26.3 Å². The molecule has 6 heteroatoms. The number of hydrogen-bond acceptors (Lipinski definition) is 6. The van der Waals surface area contributed by atoms with E-state index in [9.17, 15) is 0 Å². The summed E-state index contributed by atoms with van der Waals surface area (Å²) in [5.41, 5.74) is 0. The highest BCUT2D eigenvalue weighted by atomic mass is 16.5. The van der Waals surface area contributed by atoms with Crippen molar-refractivity contribution >= 4 is 5.82 Å². The molecule has 1 N–H and O–H groups in total. The number of anilines is 1. The smallest absolute Gasteiger partial charge is 0.218 e. The van der Waals surface area contributed by atoms with E-state index < -0.39 is 0 Å². The molecule has 1 heterocycles. The lowest BCUT2D eigenvalue weighted by atomic mass is 10.3. The van der Waals surface area contributed by atoms with Gasteiger partial charge in [-0.25, -0.2) is 4.98 Å². The molecule has 0 amide bonds. The summed E-state index contributed by atoms with van der Waals surface area (Å²) in [6, 6.07) is 1.79. The molecule has 0 saturated carbocycles. The molecule has 19 heavy (non-hydrogen) atoms. The fourth-order valence-electron chi connectivity index (χ4n) is 1.53. The molecule has 1 rings (SSSR count). The maximum atomic E-state index is 5.38. The van der Waals surface area contributed by atoms with Crippen molar-refractivity contribution in [3.63, 3.8) is 0 Å². The van der Waals surface area contributed by atoms with Gasteiger partial charge in [0.25, 0.3) is 0 Å². The van der Waals surface area contributed by atoms with Gasteiger partial charge in [-0.05, 0) is 19.8 Å². The number of methoxy groups -OCH3 is 2. The average molecular weight is 269 g/mol. The lowest BCUT2D eigenvalue weighted by Crippen LogP contribution is -2.08. The first-order valence-corrected chi connectivity index (χ1v) is 6.46. The monoisotopic (exact) mass is 269 g/mol. The minimum atomic E-state index is 0.581. The van der Waals surface area contributed by atoms with Gasteiger partial charge in [0.05, 0.1) is 20.3 Å². The van der Waals surface area contributed by atoms with Gasteiger partial charge in [0.1, 0.15) is 11.6 Å². The van der Waals surface area contributed by atoms with Crippen LogP contribution in [-0.4, -0.2) is 50.6 Å². The molecule has 6 nitrogen and oxygen atoms in total. The van der Waals surface area contributed by atoms with E-state index in [-0.39, 0.29) is 0 Å². The van der Waals surface area contributed by atoms with Crippen molar-refractivity contribution in [1.82, 2.24) is 9.97 Å². The number of unbranched alkanes of at least 4 members (excludes halogenated alkanes) is 1. The summed E-state index contributed by atoms with van der Waals surface area (Å²) < 4.78 is 15.4. The van der Waals surface area contributed by atoms with Crippen molar-refractivity contribution in [3.8, 4) is 5.88 Å². The third-order valence-electron chi connectivity index (χ3n) is 2.48. The van der Waals surface area contributed by atoms with Crippen LogP contribution in [0.3, 0.4) is 0 Å². The number of aromatic nitrogens is 2. The lowest BCUT2D eigenvalue weighted by molar-refractivity contribution is 0.0691. The second-order valence-corrected chi connectivity index (χ2v) is 4.08. The van der Waals surface area contributed by atoms with Crippen LogP contribution < -0.4 is 10.1 Å². The van der Waals surface area contributed by atoms with E-state index in [0.29, 0.717) is 24.9 Å². The minimum absolute atomic E-state index is 0.581. The van der Waals surface area contributed by atoms with Crippen LogP contribution >= 0.6 is 0 Å². The molecule has 108 valence electrons. The van der Waals surface area contributed by atoms with Gasteiger partial charge < -0.3 is 19.5 Å². The number of aryl methyl sites for hydroxylation is 1. The van der Waals surface area contributed by atoms with Gasteiger partial charge in [-0.15, -0.1) is 0 Å². The summed E-state index contributed by atoms with van der Waals surface area (Å²) in [5.74, 6) is 2.08. The van der Waals surface area contributed by atoms with Crippen molar-refractivity contribution in [1.29, 1.82) is 0 Å². The van der Waals surface area contributed by atoms with Crippen molar-refractivity contribution in [2.24, 2.45) is 0 Å². The normalized spacial score (nSPS) is 10.5. The maximum Gasteiger partial charge on any atom is 0.218 e. The third kappa shape index (κ3) is 6.93. The zero-order valence-electron chi connectivity index (χ0n) is 11.9. The Labute approximate surface area is 114 Å². The van der Waals surface area contributed by atoms with Gasteiger partial charge in [-0.1, -0.05) is 0 Å². The molecule has 1 aromatic heterocycles. The van der Waals surface area contributed by atoms with Crippen LogP contribution in [0.1, 0.15) is 18.7 Å². The minimum Gasteiger partial charge on any atom is -0.481 e. The standard InChI is InChI=1S/C13H23N3O3/c1-11-15-12(10-13(16-11)18-3)14-6-4-5-7-19-9-8-17-2/h10H,4-9H2,1-3H3,(H,14,15,16). The first kappa shape index (κ1) is 15.7. The van der Waals surface area contributed by atoms with Crippen LogP contribution in [0.4, 0.5) is 5.82 Å². The molecule has 0 aliphatic heterocycles. The zero-order valence-corrected chi connectivity index (χ0v) is 11.9. The van der Waals surface area contributed by atoms with Crippen LogP contribution in [0.2, 0.25) is 0 Å². The molecule has 0 aliphatic rings. The Balaban J connectivity index is 2.13. The highest BCUT2D eigenvalue weighted by Crippen LogP contribution is 2.12. The van der Waals surface area contributed by atoms with Crippen molar-refractivity contribution in [2.45, 2.75) is 19.8 Å². The van der Waals surface area contributed by atoms with E-state index in [2.05, 4.69) is 15.3 Å². The second kappa shape index (κ2) is 9.52. The van der Waals surface area contributed by atoms with E-state index in [1.165, 1.54) is 0 Å². The summed E-state index contributed by atoms with van der Waals surface area (Å²) in [4.78, 5) is 8.42. The summed E-state index contributed by atoms with van der Waals surface area (Å²) in [6.07, 6.45) is 2.04. The largest absolute Gasteiger partial charge is 0.481 e. The van der Waals surface area contributed by atoms with Crippen LogP contribution in [0, 0.1) is 6.92 Å². The van der Waals surface area contributed by atoms with Crippen LogP contribution in [0.25, 0.3) is 0 Å². The molecule has 0 fully saturated rings. The van der Waals surface area contributed by atoms with Gasteiger partial charge in [-0.3, -0.25) is 0 Å². The Morgan fingerprint density at radius 1 is 1.11 bits per heavy atom. The number of ether oxygens (including phenoxy) is 3. The molecule has 0 aromatic carbocycles. The van der Waals surface area contributed by atoms with Crippen LogP contribution in [-0.2, 0) is 9.47 Å². The van der Waals surface area contributed by atoms with E-state index in [4.69, 9.17) is 14.2 Å². The van der Waals surface area contributed by atoms with Gasteiger partial charge >= 0.3 is 0 Å². The first-order valence-electron chi connectivity index (χ1n) is 6.46. The van der Waals surface area contributed by atoms with Gasteiger partial charge in [0.2, 0.25) is 5.88 Å². The summed E-state index contributed by atoms with van der Waals surface area (Å²) in [6.45, 7) is 4.77. The summed E-state index contributed by atoms with van der Waals surface area (Å²) in [5, 5.41) is 3.25. The third-order valence-corrected chi connectivity index (χ3v) is 2.48. The van der Waals surface area contributed by atoms with Crippen LogP contribution in [0.15, 0.2) is 6.07 Å². The molecule has 0 bridgehead atoms. The highest BCUT2D eigenvalue weighted by molar-refractivity contribution is 5.38. The highest BCUT2D eigenvalue weighted by Gasteiger charge is 2.00. The van der Waals surface area contributed by atoms with Gasteiger partial charge in [-0.2, -0.15) is 4.98 Å². The number of nitrogens with zero attached hydrogens (tertiary/aromatic N) is 2. The Hall–Kier alpha value is -1.40. The number of nitrogens with one attached hydrogen (secondary N) is 1. The predicted molar refractivity (Wildman–Crippen MR) is 73.7 cm³/mol. The molecule has 0 unspecified atom stereocenters. The number of rotatable bonds is 10. The van der Waals surface area contributed by atoms with Crippen molar-refractivity contribution in [3.05, 3.63) is 11.9 Å². The van der Waals surface area contributed by atoms with Crippen LogP contribution in [0.5, 0.6) is 5.88 Å². The molecule has 0 atom stereocenters. The first-order chi connectivity index (χ1) is 9.26. The van der Waals surface area contributed by atoms with E-state index in [1.54, 1.807) is 20.3 Å². The van der Waals surface area contributed by atoms with E-state index in [1.807, 2.05) is 6.92 Å².